The van der Waals surface area contributed by atoms with Crippen LogP contribution in [0.15, 0.2) is 42.5 Å². The van der Waals surface area contributed by atoms with E-state index in [4.69, 9.17) is 14.2 Å². The van der Waals surface area contributed by atoms with Crippen LogP contribution in [-0.4, -0.2) is 57.2 Å². The number of benzene rings is 2. The molecule has 172 valence electrons. The van der Waals surface area contributed by atoms with Gasteiger partial charge < -0.3 is 24.8 Å². The molecule has 8 nitrogen and oxygen atoms in total. The first-order valence-electron chi connectivity index (χ1n) is 10.8. The van der Waals surface area contributed by atoms with Crippen LogP contribution in [0.5, 0.6) is 17.2 Å². The van der Waals surface area contributed by atoms with E-state index in [1.807, 2.05) is 31.2 Å². The SMILES string of the molecule is CCOc1ccccc1NC(=O)C1CCN(CC(=O)Nc2ccc(OC)cc2OC)CC1. The van der Waals surface area contributed by atoms with Crippen molar-refractivity contribution in [2.24, 2.45) is 5.92 Å². The van der Waals surface area contributed by atoms with Crippen molar-refractivity contribution < 1.29 is 23.8 Å². The van der Waals surface area contributed by atoms with E-state index in [1.165, 1.54) is 0 Å². The molecule has 0 aliphatic carbocycles. The molecule has 0 atom stereocenters. The van der Waals surface area contributed by atoms with Crippen LogP contribution in [0.25, 0.3) is 0 Å². The number of ether oxygens (including phenoxy) is 3. The second-order valence-electron chi connectivity index (χ2n) is 7.58. The van der Waals surface area contributed by atoms with Gasteiger partial charge in [0, 0.05) is 12.0 Å². The number of methoxy groups -OCH3 is 2. The topological polar surface area (TPSA) is 89.1 Å². The highest BCUT2D eigenvalue weighted by Crippen LogP contribution is 2.29. The zero-order valence-electron chi connectivity index (χ0n) is 18.8. The van der Waals surface area contributed by atoms with E-state index in [0.29, 0.717) is 61.2 Å². The van der Waals surface area contributed by atoms with Gasteiger partial charge in [-0.2, -0.15) is 0 Å². The van der Waals surface area contributed by atoms with E-state index >= 15 is 0 Å². The Morgan fingerprint density at radius 3 is 2.38 bits per heavy atom. The van der Waals surface area contributed by atoms with Gasteiger partial charge in [-0.05, 0) is 57.1 Å². The first kappa shape index (κ1) is 23.4. The van der Waals surface area contributed by atoms with Crippen molar-refractivity contribution in [2.45, 2.75) is 19.8 Å². The molecule has 1 aliphatic heterocycles. The molecule has 0 aromatic heterocycles. The summed E-state index contributed by atoms with van der Waals surface area (Å²) in [6.07, 6.45) is 1.39. The molecule has 8 heteroatoms. The quantitative estimate of drug-likeness (QED) is 0.620. The third kappa shape index (κ3) is 6.13. The third-order valence-corrected chi connectivity index (χ3v) is 5.45. The van der Waals surface area contributed by atoms with Gasteiger partial charge >= 0.3 is 0 Å². The Labute approximate surface area is 188 Å². The minimum atomic E-state index is -0.123. The van der Waals surface area contributed by atoms with Crippen LogP contribution in [0.4, 0.5) is 11.4 Å². The average molecular weight is 442 g/mol. The number of hydrogen-bond donors (Lipinski definition) is 2. The number of carbonyl (C=O) groups excluding carboxylic acids is 2. The van der Waals surface area contributed by atoms with Gasteiger partial charge in [0.1, 0.15) is 17.2 Å². The summed E-state index contributed by atoms with van der Waals surface area (Å²) in [5.74, 6) is 1.65. The lowest BCUT2D eigenvalue weighted by Gasteiger charge is -2.30. The van der Waals surface area contributed by atoms with Gasteiger partial charge in [-0.1, -0.05) is 12.1 Å². The highest BCUT2D eigenvalue weighted by atomic mass is 16.5. The molecule has 0 radical (unpaired) electrons. The Bertz CT molecular complexity index is 926. The van der Waals surface area contributed by atoms with Gasteiger partial charge in [0.25, 0.3) is 0 Å². The van der Waals surface area contributed by atoms with Gasteiger partial charge in [0.05, 0.1) is 38.7 Å². The number of para-hydroxylation sites is 2. The van der Waals surface area contributed by atoms with Crippen molar-refractivity contribution in [3.8, 4) is 17.2 Å². The molecule has 0 bridgehead atoms. The van der Waals surface area contributed by atoms with Crippen LogP contribution in [-0.2, 0) is 9.59 Å². The van der Waals surface area contributed by atoms with E-state index in [2.05, 4.69) is 15.5 Å². The van der Waals surface area contributed by atoms with Gasteiger partial charge in [0.15, 0.2) is 0 Å². The first-order chi connectivity index (χ1) is 15.5. The largest absolute Gasteiger partial charge is 0.497 e. The monoisotopic (exact) mass is 441 g/mol. The highest BCUT2D eigenvalue weighted by molar-refractivity contribution is 5.95. The maximum atomic E-state index is 12.7. The number of hydrogen-bond acceptors (Lipinski definition) is 6. The summed E-state index contributed by atoms with van der Waals surface area (Å²) < 4.78 is 16.1. The van der Waals surface area contributed by atoms with Crippen LogP contribution < -0.4 is 24.8 Å². The molecule has 3 rings (SSSR count). The number of carbonyl (C=O) groups is 2. The number of likely N-dealkylation sites (tertiary alicyclic amines) is 1. The normalized spacial score (nSPS) is 14.5. The molecule has 2 amide bonds. The number of nitrogens with zero attached hydrogens (tertiary/aromatic N) is 1. The standard InChI is InChI=1S/C24H31N3O5/c1-4-32-21-8-6-5-7-19(21)26-24(29)17-11-13-27(14-12-17)16-23(28)25-20-10-9-18(30-2)15-22(20)31-3/h5-10,15,17H,4,11-14,16H2,1-3H3,(H,25,28)(H,26,29). The minimum Gasteiger partial charge on any atom is -0.497 e. The smallest absolute Gasteiger partial charge is 0.238 e. The fourth-order valence-corrected chi connectivity index (χ4v) is 3.73. The zero-order valence-corrected chi connectivity index (χ0v) is 18.8. The van der Waals surface area contributed by atoms with E-state index < -0.39 is 0 Å². The maximum Gasteiger partial charge on any atom is 0.238 e. The lowest BCUT2D eigenvalue weighted by atomic mass is 9.95. The molecule has 1 heterocycles. The number of nitrogens with one attached hydrogen (secondary N) is 2. The summed E-state index contributed by atoms with van der Waals surface area (Å²) in [7, 11) is 3.13. The highest BCUT2D eigenvalue weighted by Gasteiger charge is 2.26. The molecule has 1 fully saturated rings. The third-order valence-electron chi connectivity index (χ3n) is 5.45. The van der Waals surface area contributed by atoms with Gasteiger partial charge in [0.2, 0.25) is 11.8 Å². The maximum absolute atomic E-state index is 12.7. The van der Waals surface area contributed by atoms with Crippen molar-refractivity contribution in [3.05, 3.63) is 42.5 Å². The van der Waals surface area contributed by atoms with Crippen molar-refractivity contribution in [1.82, 2.24) is 4.90 Å². The van der Waals surface area contributed by atoms with Crippen molar-refractivity contribution in [2.75, 3.05) is 51.1 Å². The summed E-state index contributed by atoms with van der Waals surface area (Å²) in [6, 6.07) is 12.7. The van der Waals surface area contributed by atoms with E-state index in [9.17, 15) is 9.59 Å². The number of anilines is 2. The second kappa shape index (κ2) is 11.4. The number of rotatable bonds is 9. The Hall–Kier alpha value is -3.26. The predicted molar refractivity (Wildman–Crippen MR) is 124 cm³/mol. The molecular formula is C24H31N3O5. The molecule has 1 aliphatic rings. The van der Waals surface area contributed by atoms with E-state index in [-0.39, 0.29) is 24.3 Å². The fourth-order valence-electron chi connectivity index (χ4n) is 3.73. The molecule has 2 aromatic carbocycles. The average Bonchev–Trinajstić information content (AvgIpc) is 2.81. The molecule has 0 saturated carbocycles. The number of piperidine rings is 1. The molecule has 1 saturated heterocycles. The fraction of sp³-hybridized carbons (Fsp3) is 0.417. The summed E-state index contributed by atoms with van der Waals surface area (Å²) in [5.41, 5.74) is 1.29. The van der Waals surface area contributed by atoms with Crippen LogP contribution in [0.3, 0.4) is 0 Å². The molecular weight excluding hydrogens is 410 g/mol. The minimum absolute atomic E-state index is 0.00998. The molecule has 0 spiro atoms. The molecule has 32 heavy (non-hydrogen) atoms. The zero-order chi connectivity index (χ0) is 22.9. The summed E-state index contributed by atoms with van der Waals surface area (Å²) in [4.78, 5) is 27.3. The van der Waals surface area contributed by atoms with Gasteiger partial charge in [-0.25, -0.2) is 0 Å². The first-order valence-corrected chi connectivity index (χ1v) is 10.8. The number of amides is 2. The second-order valence-corrected chi connectivity index (χ2v) is 7.58. The lowest BCUT2D eigenvalue weighted by Crippen LogP contribution is -2.41. The molecule has 0 unspecified atom stereocenters. The van der Waals surface area contributed by atoms with Crippen LogP contribution >= 0.6 is 0 Å². The van der Waals surface area contributed by atoms with E-state index in [1.54, 1.807) is 32.4 Å². The van der Waals surface area contributed by atoms with Crippen molar-refractivity contribution >= 4 is 23.2 Å². The van der Waals surface area contributed by atoms with Gasteiger partial charge in [-0.3, -0.25) is 14.5 Å². The predicted octanol–water partition coefficient (Wildman–Crippen LogP) is 3.39. The summed E-state index contributed by atoms with van der Waals surface area (Å²) in [5, 5.41) is 5.88. The van der Waals surface area contributed by atoms with Crippen LogP contribution in [0.1, 0.15) is 19.8 Å². The Kier molecular flexibility index (Phi) is 8.33. The Balaban J connectivity index is 1.48. The summed E-state index contributed by atoms with van der Waals surface area (Å²) in [6.45, 7) is 4.07. The van der Waals surface area contributed by atoms with Gasteiger partial charge in [-0.15, -0.1) is 0 Å². The lowest BCUT2D eigenvalue weighted by molar-refractivity contribution is -0.121. The Morgan fingerprint density at radius 2 is 1.69 bits per heavy atom. The van der Waals surface area contributed by atoms with E-state index in [0.717, 1.165) is 0 Å². The van der Waals surface area contributed by atoms with Crippen molar-refractivity contribution in [1.29, 1.82) is 0 Å². The molecule has 2 N–H and O–H groups in total. The van der Waals surface area contributed by atoms with Crippen LogP contribution in [0.2, 0.25) is 0 Å². The van der Waals surface area contributed by atoms with Crippen LogP contribution in [0, 0.1) is 5.92 Å². The Morgan fingerprint density at radius 1 is 0.969 bits per heavy atom. The van der Waals surface area contributed by atoms with Crippen molar-refractivity contribution in [3.63, 3.8) is 0 Å². The molecule has 2 aromatic rings. The summed E-state index contributed by atoms with van der Waals surface area (Å²) >= 11 is 0.